The third kappa shape index (κ3) is 3.98. The van der Waals surface area contributed by atoms with Gasteiger partial charge in [-0.15, -0.1) is 0 Å². The highest BCUT2D eigenvalue weighted by Gasteiger charge is 2.11. The van der Waals surface area contributed by atoms with Crippen molar-refractivity contribution in [1.29, 1.82) is 0 Å². The summed E-state index contributed by atoms with van der Waals surface area (Å²) in [6.45, 7) is 4.57. The summed E-state index contributed by atoms with van der Waals surface area (Å²) in [6.07, 6.45) is 1.36. The van der Waals surface area contributed by atoms with Crippen LogP contribution in [0.4, 0.5) is 0 Å². The van der Waals surface area contributed by atoms with Gasteiger partial charge in [0.15, 0.2) is 5.82 Å². The van der Waals surface area contributed by atoms with Crippen molar-refractivity contribution in [3.05, 3.63) is 11.7 Å². The second kappa shape index (κ2) is 6.22. The van der Waals surface area contributed by atoms with Crippen molar-refractivity contribution in [2.75, 3.05) is 6.54 Å². The molecular formula is C10H18N4O2. The highest BCUT2D eigenvalue weighted by atomic mass is 16.5. The van der Waals surface area contributed by atoms with Crippen molar-refractivity contribution in [3.63, 3.8) is 0 Å². The van der Waals surface area contributed by atoms with Gasteiger partial charge in [0, 0.05) is 13.3 Å². The second-order valence-corrected chi connectivity index (χ2v) is 3.72. The van der Waals surface area contributed by atoms with E-state index in [1.165, 1.54) is 0 Å². The first-order valence-corrected chi connectivity index (χ1v) is 5.41. The van der Waals surface area contributed by atoms with E-state index in [0.29, 0.717) is 31.2 Å². The molecule has 6 heteroatoms. The Balaban J connectivity index is 2.30. The Morgan fingerprint density at radius 2 is 2.38 bits per heavy atom. The van der Waals surface area contributed by atoms with Crippen LogP contribution in [0.3, 0.4) is 0 Å². The fraction of sp³-hybridized carbons (Fsp3) is 0.700. The first-order valence-electron chi connectivity index (χ1n) is 5.41. The monoisotopic (exact) mass is 226 g/mol. The zero-order valence-corrected chi connectivity index (χ0v) is 9.69. The Kier molecular flexibility index (Phi) is 4.91. The SMILES string of the molecule is CCC(CN)CC(=O)NCc1noc(C)n1. The lowest BCUT2D eigenvalue weighted by Crippen LogP contribution is -2.28. The Morgan fingerprint density at radius 1 is 1.62 bits per heavy atom. The number of nitrogens with zero attached hydrogens (tertiary/aromatic N) is 2. The van der Waals surface area contributed by atoms with Crippen LogP contribution in [0, 0.1) is 12.8 Å². The van der Waals surface area contributed by atoms with Crippen LogP contribution in [0.25, 0.3) is 0 Å². The zero-order valence-electron chi connectivity index (χ0n) is 9.69. The summed E-state index contributed by atoms with van der Waals surface area (Å²) in [5.41, 5.74) is 5.52. The number of hydrogen-bond donors (Lipinski definition) is 2. The highest BCUT2D eigenvalue weighted by molar-refractivity contribution is 5.76. The molecule has 1 rings (SSSR count). The van der Waals surface area contributed by atoms with E-state index >= 15 is 0 Å². The molecule has 1 amide bonds. The van der Waals surface area contributed by atoms with Crippen molar-refractivity contribution in [3.8, 4) is 0 Å². The van der Waals surface area contributed by atoms with Gasteiger partial charge in [0.05, 0.1) is 6.54 Å². The van der Waals surface area contributed by atoms with Gasteiger partial charge >= 0.3 is 0 Å². The molecule has 3 N–H and O–H groups in total. The fourth-order valence-corrected chi connectivity index (χ4v) is 1.32. The molecule has 1 aromatic heterocycles. The summed E-state index contributed by atoms with van der Waals surface area (Å²) in [6, 6.07) is 0. The molecule has 0 aliphatic carbocycles. The van der Waals surface area contributed by atoms with Crippen LogP contribution in [0.5, 0.6) is 0 Å². The van der Waals surface area contributed by atoms with Gasteiger partial charge in [-0.1, -0.05) is 18.5 Å². The van der Waals surface area contributed by atoms with Gasteiger partial charge < -0.3 is 15.6 Å². The molecule has 6 nitrogen and oxygen atoms in total. The van der Waals surface area contributed by atoms with Crippen molar-refractivity contribution in [2.24, 2.45) is 11.7 Å². The van der Waals surface area contributed by atoms with E-state index in [-0.39, 0.29) is 11.8 Å². The van der Waals surface area contributed by atoms with Gasteiger partial charge in [-0.05, 0) is 12.5 Å². The standard InChI is InChI=1S/C10H18N4O2/c1-3-8(5-11)4-10(15)12-6-9-13-7(2)16-14-9/h8H,3-6,11H2,1-2H3,(H,12,15). The first-order chi connectivity index (χ1) is 7.65. The fourth-order valence-electron chi connectivity index (χ4n) is 1.32. The third-order valence-corrected chi connectivity index (χ3v) is 2.40. The van der Waals surface area contributed by atoms with E-state index in [1.807, 2.05) is 6.92 Å². The molecule has 1 unspecified atom stereocenters. The van der Waals surface area contributed by atoms with Crippen LogP contribution >= 0.6 is 0 Å². The smallest absolute Gasteiger partial charge is 0.223 e. The Hall–Kier alpha value is -1.43. The van der Waals surface area contributed by atoms with Gasteiger partial charge in [-0.3, -0.25) is 4.79 Å². The quantitative estimate of drug-likeness (QED) is 0.730. The van der Waals surface area contributed by atoms with E-state index in [0.717, 1.165) is 6.42 Å². The third-order valence-electron chi connectivity index (χ3n) is 2.40. The average molecular weight is 226 g/mol. The lowest BCUT2D eigenvalue weighted by atomic mass is 10.0. The lowest BCUT2D eigenvalue weighted by Gasteiger charge is -2.10. The minimum atomic E-state index is -0.0280. The molecule has 0 aliphatic heterocycles. The maximum atomic E-state index is 11.5. The predicted octanol–water partition coefficient (Wildman–Crippen LogP) is 0.369. The molecule has 0 saturated carbocycles. The second-order valence-electron chi connectivity index (χ2n) is 3.72. The molecule has 1 heterocycles. The van der Waals surface area contributed by atoms with Crippen molar-refractivity contribution >= 4 is 5.91 Å². The molecule has 0 aromatic carbocycles. The Bertz CT molecular complexity index is 333. The molecule has 1 atom stereocenters. The van der Waals surface area contributed by atoms with Gasteiger partial charge in [0.1, 0.15) is 0 Å². The van der Waals surface area contributed by atoms with Gasteiger partial charge in [-0.25, -0.2) is 0 Å². The van der Waals surface area contributed by atoms with Crippen LogP contribution in [-0.2, 0) is 11.3 Å². The van der Waals surface area contributed by atoms with Gasteiger partial charge in [0.25, 0.3) is 0 Å². The minimum Gasteiger partial charge on any atom is -0.349 e. The normalized spacial score (nSPS) is 12.4. The predicted molar refractivity (Wildman–Crippen MR) is 58.3 cm³/mol. The van der Waals surface area contributed by atoms with Crippen molar-refractivity contribution in [2.45, 2.75) is 33.2 Å². The molecular weight excluding hydrogens is 208 g/mol. The number of aromatic nitrogens is 2. The van der Waals surface area contributed by atoms with E-state index in [1.54, 1.807) is 6.92 Å². The molecule has 0 aliphatic rings. The summed E-state index contributed by atoms with van der Waals surface area (Å²) < 4.78 is 4.79. The minimum absolute atomic E-state index is 0.0280. The van der Waals surface area contributed by atoms with Gasteiger partial charge in [-0.2, -0.15) is 4.98 Å². The number of nitrogens with one attached hydrogen (secondary N) is 1. The number of amides is 1. The molecule has 16 heavy (non-hydrogen) atoms. The van der Waals surface area contributed by atoms with Crippen LogP contribution in [0.2, 0.25) is 0 Å². The maximum Gasteiger partial charge on any atom is 0.223 e. The number of hydrogen-bond acceptors (Lipinski definition) is 5. The summed E-state index contributed by atoms with van der Waals surface area (Å²) in [5, 5.41) is 6.41. The molecule has 90 valence electrons. The van der Waals surface area contributed by atoms with Crippen LogP contribution < -0.4 is 11.1 Å². The topological polar surface area (TPSA) is 94.0 Å². The number of nitrogens with two attached hydrogens (primary N) is 1. The summed E-state index contributed by atoms with van der Waals surface area (Å²) in [4.78, 5) is 15.5. The van der Waals surface area contributed by atoms with Crippen molar-refractivity contribution < 1.29 is 9.32 Å². The molecule has 0 radical (unpaired) electrons. The molecule has 0 spiro atoms. The lowest BCUT2D eigenvalue weighted by molar-refractivity contribution is -0.122. The molecule has 0 fully saturated rings. The summed E-state index contributed by atoms with van der Waals surface area (Å²) >= 11 is 0. The first kappa shape index (κ1) is 12.6. The molecule has 0 bridgehead atoms. The molecule has 0 saturated heterocycles. The summed E-state index contributed by atoms with van der Waals surface area (Å²) in [7, 11) is 0. The van der Waals surface area contributed by atoms with E-state index in [2.05, 4.69) is 15.5 Å². The van der Waals surface area contributed by atoms with Crippen LogP contribution in [0.15, 0.2) is 4.52 Å². The van der Waals surface area contributed by atoms with Crippen LogP contribution in [0.1, 0.15) is 31.5 Å². The molecule has 1 aromatic rings. The maximum absolute atomic E-state index is 11.5. The Labute approximate surface area is 94.6 Å². The zero-order chi connectivity index (χ0) is 12.0. The van der Waals surface area contributed by atoms with E-state index in [9.17, 15) is 4.79 Å². The summed E-state index contributed by atoms with van der Waals surface area (Å²) in [5.74, 6) is 1.20. The van der Waals surface area contributed by atoms with Crippen LogP contribution in [-0.4, -0.2) is 22.6 Å². The average Bonchev–Trinajstić information content (AvgIpc) is 2.69. The number of rotatable bonds is 6. The van der Waals surface area contributed by atoms with Gasteiger partial charge in [0.2, 0.25) is 11.8 Å². The highest BCUT2D eigenvalue weighted by Crippen LogP contribution is 2.05. The van der Waals surface area contributed by atoms with Crippen molar-refractivity contribution in [1.82, 2.24) is 15.5 Å². The Morgan fingerprint density at radius 3 is 2.88 bits per heavy atom. The van der Waals surface area contributed by atoms with E-state index < -0.39 is 0 Å². The number of carbonyl (C=O) groups is 1. The van der Waals surface area contributed by atoms with E-state index in [4.69, 9.17) is 10.3 Å². The number of aryl methyl sites for hydroxylation is 1. The number of carbonyl (C=O) groups excluding carboxylic acids is 1. The largest absolute Gasteiger partial charge is 0.349 e.